The average molecular weight is 492 g/mol. The van der Waals surface area contributed by atoms with Gasteiger partial charge < -0.3 is 15.8 Å². The number of guanidine groups is 1. The molecule has 3 rings (SSSR count). The van der Waals surface area contributed by atoms with Crippen LogP contribution in [0.1, 0.15) is 56.4 Å². The zero-order valence-electron chi connectivity index (χ0n) is 15.7. The van der Waals surface area contributed by atoms with Crippen LogP contribution in [0.3, 0.4) is 0 Å². The Balaban J connectivity index is 0.00000243. The minimum absolute atomic E-state index is 0. The van der Waals surface area contributed by atoms with Crippen LogP contribution in [0.4, 0.5) is 0 Å². The van der Waals surface area contributed by atoms with Gasteiger partial charge in [0.05, 0.1) is 25.3 Å². The van der Waals surface area contributed by atoms with Crippen LogP contribution in [-0.4, -0.2) is 49.2 Å². The molecule has 2 atom stereocenters. The van der Waals surface area contributed by atoms with Gasteiger partial charge in [-0.2, -0.15) is 0 Å². The first kappa shape index (κ1) is 21.9. The highest BCUT2D eigenvalue weighted by molar-refractivity contribution is 14.0. The van der Waals surface area contributed by atoms with Crippen molar-refractivity contribution in [1.82, 2.24) is 10.2 Å². The Morgan fingerprint density at radius 3 is 2.81 bits per heavy atom. The normalized spacial score (nSPS) is 24.5. The smallest absolute Gasteiger partial charge is 0.188 e. The van der Waals surface area contributed by atoms with E-state index in [9.17, 15) is 0 Å². The number of aliphatic imine (C=N–C) groups is 1. The summed E-state index contributed by atoms with van der Waals surface area (Å²) in [4.78, 5) is 8.56. The van der Waals surface area contributed by atoms with Crippen LogP contribution in [0.25, 0.3) is 0 Å². The number of rotatable bonds is 5. The Morgan fingerprint density at radius 1 is 1.38 bits per heavy atom. The molecule has 1 aromatic rings. The van der Waals surface area contributed by atoms with Gasteiger partial charge in [0.25, 0.3) is 0 Å². The highest BCUT2D eigenvalue weighted by atomic mass is 127. The molecule has 0 radical (unpaired) electrons. The van der Waals surface area contributed by atoms with E-state index in [1.54, 1.807) is 11.3 Å². The fourth-order valence-electron chi connectivity index (χ4n) is 3.86. The molecule has 1 aliphatic carbocycles. The molecule has 0 aromatic carbocycles. The number of thiophene rings is 1. The number of halogens is 1. The summed E-state index contributed by atoms with van der Waals surface area (Å²) >= 11 is 1.80. The van der Waals surface area contributed by atoms with E-state index in [0.717, 1.165) is 19.7 Å². The highest BCUT2D eigenvalue weighted by Crippen LogP contribution is 2.27. The molecule has 26 heavy (non-hydrogen) atoms. The fourth-order valence-corrected chi connectivity index (χ4v) is 4.71. The Hall–Kier alpha value is -0.380. The predicted octanol–water partition coefficient (Wildman–Crippen LogP) is 3.76. The van der Waals surface area contributed by atoms with E-state index in [0.29, 0.717) is 24.6 Å². The Labute approximate surface area is 178 Å². The quantitative estimate of drug-likeness (QED) is 0.285. The molecule has 1 aliphatic heterocycles. The van der Waals surface area contributed by atoms with E-state index in [4.69, 9.17) is 15.5 Å². The summed E-state index contributed by atoms with van der Waals surface area (Å²) in [5, 5.41) is 5.60. The lowest BCUT2D eigenvalue weighted by atomic mass is 10.1. The maximum Gasteiger partial charge on any atom is 0.188 e. The lowest BCUT2D eigenvalue weighted by Crippen LogP contribution is -2.44. The number of nitrogens with one attached hydrogen (secondary N) is 1. The molecule has 2 unspecified atom stereocenters. The molecule has 1 aromatic heterocycles. The van der Waals surface area contributed by atoms with Crippen LogP contribution in [-0.2, 0) is 4.74 Å². The minimum Gasteiger partial charge on any atom is -0.376 e. The van der Waals surface area contributed by atoms with Crippen LogP contribution >= 0.6 is 35.3 Å². The third-order valence-electron chi connectivity index (χ3n) is 5.23. The van der Waals surface area contributed by atoms with Crippen molar-refractivity contribution in [2.75, 3.05) is 26.2 Å². The SMILES string of the molecule is CC1CN(C(CN=C(N)NC2CCCCCC2)c2cccs2)CCO1.I. The molecule has 0 spiro atoms. The summed E-state index contributed by atoms with van der Waals surface area (Å²) in [6, 6.07) is 5.11. The maximum atomic E-state index is 6.21. The number of hydrogen-bond donors (Lipinski definition) is 2. The van der Waals surface area contributed by atoms with Crippen LogP contribution in [0.5, 0.6) is 0 Å². The number of ether oxygens (including phenoxy) is 1. The van der Waals surface area contributed by atoms with Crippen molar-refractivity contribution in [2.24, 2.45) is 10.7 Å². The highest BCUT2D eigenvalue weighted by Gasteiger charge is 2.26. The largest absolute Gasteiger partial charge is 0.376 e. The summed E-state index contributed by atoms with van der Waals surface area (Å²) in [5.41, 5.74) is 6.21. The second-order valence-electron chi connectivity index (χ2n) is 7.27. The standard InChI is InChI=1S/C19H32N4OS.HI/c1-15-14-23(10-11-24-15)17(18-9-6-12-25-18)13-21-19(20)22-16-7-4-2-3-5-8-16;/h6,9,12,15-17H,2-5,7-8,10-11,13-14H2,1H3,(H3,20,21,22);1H. The van der Waals surface area contributed by atoms with Crippen molar-refractivity contribution >= 4 is 41.3 Å². The van der Waals surface area contributed by atoms with E-state index in [1.807, 2.05) is 0 Å². The molecule has 5 nitrogen and oxygen atoms in total. The molecule has 2 fully saturated rings. The van der Waals surface area contributed by atoms with Gasteiger partial charge in [-0.25, -0.2) is 0 Å². The summed E-state index contributed by atoms with van der Waals surface area (Å²) < 4.78 is 5.70. The van der Waals surface area contributed by atoms with Gasteiger partial charge in [-0.3, -0.25) is 9.89 Å². The number of nitrogens with zero attached hydrogens (tertiary/aromatic N) is 2. The summed E-state index contributed by atoms with van der Waals surface area (Å²) in [6.07, 6.45) is 8.01. The van der Waals surface area contributed by atoms with Crippen molar-refractivity contribution in [3.8, 4) is 0 Å². The first-order valence-corrected chi connectivity index (χ1v) is 10.6. The molecule has 148 valence electrons. The van der Waals surface area contributed by atoms with Gasteiger partial charge in [0.15, 0.2) is 5.96 Å². The Bertz CT molecular complexity index is 532. The van der Waals surface area contributed by atoms with Crippen LogP contribution < -0.4 is 11.1 Å². The average Bonchev–Trinajstić information content (AvgIpc) is 3.00. The van der Waals surface area contributed by atoms with E-state index < -0.39 is 0 Å². The van der Waals surface area contributed by atoms with Crippen molar-refractivity contribution in [3.05, 3.63) is 22.4 Å². The number of hydrogen-bond acceptors (Lipinski definition) is 4. The van der Waals surface area contributed by atoms with Gasteiger partial charge >= 0.3 is 0 Å². The summed E-state index contributed by atoms with van der Waals surface area (Å²) in [5.74, 6) is 0.606. The molecule has 1 saturated carbocycles. The second-order valence-corrected chi connectivity index (χ2v) is 8.25. The van der Waals surface area contributed by atoms with Gasteiger partial charge in [-0.15, -0.1) is 35.3 Å². The van der Waals surface area contributed by atoms with Crippen molar-refractivity contribution in [2.45, 2.75) is 63.6 Å². The first-order valence-electron chi connectivity index (χ1n) is 9.68. The Kier molecular flexibility index (Phi) is 9.66. The molecular weight excluding hydrogens is 459 g/mol. The lowest BCUT2D eigenvalue weighted by molar-refractivity contribution is -0.0327. The summed E-state index contributed by atoms with van der Waals surface area (Å²) in [6.45, 7) is 5.55. The molecule has 3 N–H and O–H groups in total. The summed E-state index contributed by atoms with van der Waals surface area (Å²) in [7, 11) is 0. The fraction of sp³-hybridized carbons (Fsp3) is 0.737. The lowest BCUT2D eigenvalue weighted by Gasteiger charge is -2.36. The van der Waals surface area contributed by atoms with E-state index in [1.165, 1.54) is 43.4 Å². The molecule has 0 amide bonds. The Morgan fingerprint density at radius 2 is 2.15 bits per heavy atom. The predicted molar refractivity (Wildman–Crippen MR) is 121 cm³/mol. The van der Waals surface area contributed by atoms with E-state index >= 15 is 0 Å². The van der Waals surface area contributed by atoms with E-state index in [-0.39, 0.29) is 30.1 Å². The topological polar surface area (TPSA) is 62.9 Å². The van der Waals surface area contributed by atoms with Gasteiger partial charge in [0.2, 0.25) is 0 Å². The van der Waals surface area contributed by atoms with Crippen molar-refractivity contribution < 1.29 is 4.74 Å². The van der Waals surface area contributed by atoms with Gasteiger partial charge in [0.1, 0.15) is 0 Å². The van der Waals surface area contributed by atoms with E-state index in [2.05, 4.69) is 34.7 Å². The monoisotopic (exact) mass is 492 g/mol. The minimum atomic E-state index is 0. The van der Waals surface area contributed by atoms with Crippen LogP contribution in [0, 0.1) is 0 Å². The van der Waals surface area contributed by atoms with Crippen LogP contribution in [0.15, 0.2) is 22.5 Å². The van der Waals surface area contributed by atoms with Crippen molar-refractivity contribution in [1.29, 1.82) is 0 Å². The molecule has 0 bridgehead atoms. The molecule has 2 aliphatic rings. The molecule has 7 heteroatoms. The van der Waals surface area contributed by atoms with Crippen LogP contribution in [0.2, 0.25) is 0 Å². The third-order valence-corrected chi connectivity index (χ3v) is 6.20. The second kappa shape index (κ2) is 11.5. The zero-order chi connectivity index (χ0) is 17.5. The molecule has 2 heterocycles. The molecule has 1 saturated heterocycles. The molecular formula is C19H33IN4OS. The van der Waals surface area contributed by atoms with Crippen molar-refractivity contribution in [3.63, 3.8) is 0 Å². The van der Waals surface area contributed by atoms with Gasteiger partial charge in [-0.05, 0) is 31.2 Å². The first-order chi connectivity index (χ1) is 12.2. The maximum absolute atomic E-state index is 6.21. The number of nitrogens with two attached hydrogens (primary N) is 1. The van der Waals surface area contributed by atoms with Gasteiger partial charge in [-0.1, -0.05) is 31.7 Å². The number of morpholine rings is 1. The third kappa shape index (κ3) is 6.65. The van der Waals surface area contributed by atoms with Gasteiger partial charge in [0, 0.05) is 24.0 Å². The zero-order valence-corrected chi connectivity index (χ0v) is 18.9.